The molecule has 1 aromatic heterocycles. The highest BCUT2D eigenvalue weighted by Gasteiger charge is 2.27. The normalized spacial score (nSPS) is 17.0. The van der Waals surface area contributed by atoms with Crippen LogP contribution < -0.4 is 0 Å². The summed E-state index contributed by atoms with van der Waals surface area (Å²) in [6.07, 6.45) is 4.45. The predicted molar refractivity (Wildman–Crippen MR) is 96.6 cm³/mol. The van der Waals surface area contributed by atoms with E-state index in [1.807, 2.05) is 31.2 Å². The van der Waals surface area contributed by atoms with Crippen LogP contribution in [0.1, 0.15) is 42.3 Å². The van der Waals surface area contributed by atoms with Gasteiger partial charge >= 0.3 is 5.97 Å². The molecular formula is C21H21FO4. The monoisotopic (exact) mass is 356 g/mol. The molecule has 1 aromatic carbocycles. The van der Waals surface area contributed by atoms with Gasteiger partial charge in [-0.15, -0.1) is 0 Å². The van der Waals surface area contributed by atoms with E-state index in [1.165, 1.54) is 19.3 Å². The molecule has 4 nitrogen and oxygen atoms in total. The van der Waals surface area contributed by atoms with Crippen molar-refractivity contribution in [2.24, 2.45) is 5.92 Å². The van der Waals surface area contributed by atoms with E-state index in [0.717, 1.165) is 10.9 Å². The van der Waals surface area contributed by atoms with Crippen molar-refractivity contribution in [1.82, 2.24) is 0 Å². The van der Waals surface area contributed by atoms with E-state index in [4.69, 9.17) is 4.42 Å². The Labute approximate surface area is 151 Å². The third-order valence-electron chi connectivity index (χ3n) is 4.68. The number of methoxy groups -OCH3 is 1. The van der Waals surface area contributed by atoms with Gasteiger partial charge in [0.2, 0.25) is 5.78 Å². The molecule has 0 amide bonds. The van der Waals surface area contributed by atoms with Gasteiger partial charge in [0, 0.05) is 29.4 Å². The van der Waals surface area contributed by atoms with Crippen LogP contribution in [0.4, 0.5) is 4.39 Å². The second kappa shape index (κ2) is 7.68. The van der Waals surface area contributed by atoms with E-state index in [2.05, 4.69) is 4.74 Å². The van der Waals surface area contributed by atoms with Crippen molar-refractivity contribution in [3.8, 4) is 0 Å². The molecule has 1 atom stereocenters. The molecule has 0 saturated heterocycles. The summed E-state index contributed by atoms with van der Waals surface area (Å²) in [7, 11) is 1.36. The van der Waals surface area contributed by atoms with Crippen LogP contribution in [0.15, 0.2) is 52.2 Å². The maximum absolute atomic E-state index is 13.4. The number of para-hydroxylation sites is 1. The minimum atomic E-state index is -0.282. The predicted octanol–water partition coefficient (Wildman–Crippen LogP) is 4.93. The number of carbonyl (C=O) groups is 2. The van der Waals surface area contributed by atoms with Crippen LogP contribution in [0, 0.1) is 5.92 Å². The lowest BCUT2D eigenvalue weighted by atomic mass is 9.87. The highest BCUT2D eigenvalue weighted by atomic mass is 19.1. The van der Waals surface area contributed by atoms with E-state index in [1.54, 1.807) is 0 Å². The number of furan rings is 1. The average Bonchev–Trinajstić information content (AvgIpc) is 3.00. The number of benzene rings is 1. The molecule has 0 N–H and O–H groups in total. The fourth-order valence-corrected chi connectivity index (χ4v) is 3.29. The molecule has 0 fully saturated rings. The number of hydrogen-bond acceptors (Lipinski definition) is 4. The standard InChI is InChI=1S/C21H21FO4/c1-13-12-14(22)10-11-15(13)20(24)21-17(7-5-9-19(23)25-2)16-6-3-4-8-18(16)26-21/h3-4,6,8,10-11,13H,5,7,9,12H2,1-2H3. The lowest BCUT2D eigenvalue weighted by Gasteiger charge is -2.16. The molecule has 0 aliphatic heterocycles. The fourth-order valence-electron chi connectivity index (χ4n) is 3.29. The van der Waals surface area contributed by atoms with E-state index >= 15 is 0 Å². The van der Waals surface area contributed by atoms with Crippen LogP contribution in [0.3, 0.4) is 0 Å². The summed E-state index contributed by atoms with van der Waals surface area (Å²) in [5, 5.41) is 0.867. The SMILES string of the molecule is COC(=O)CCCc1c(C(=O)C2=CC=C(F)CC2C)oc2ccccc12. The summed E-state index contributed by atoms with van der Waals surface area (Å²) in [6.45, 7) is 1.83. The van der Waals surface area contributed by atoms with Crippen molar-refractivity contribution in [3.63, 3.8) is 0 Å². The molecule has 2 aromatic rings. The second-order valence-electron chi connectivity index (χ2n) is 6.51. The molecule has 3 rings (SSSR count). The van der Waals surface area contributed by atoms with Crippen LogP contribution >= 0.6 is 0 Å². The maximum Gasteiger partial charge on any atom is 0.305 e. The highest BCUT2D eigenvalue weighted by Crippen LogP contribution is 2.33. The number of ether oxygens (including phenoxy) is 1. The Morgan fingerprint density at radius 3 is 2.77 bits per heavy atom. The summed E-state index contributed by atoms with van der Waals surface area (Å²) in [5.74, 6) is -0.647. The number of esters is 1. The molecule has 1 aliphatic rings. The van der Waals surface area contributed by atoms with Gasteiger partial charge < -0.3 is 9.15 Å². The summed E-state index contributed by atoms with van der Waals surface area (Å²) >= 11 is 0. The smallest absolute Gasteiger partial charge is 0.305 e. The van der Waals surface area contributed by atoms with Crippen LogP contribution in [-0.4, -0.2) is 18.9 Å². The first-order chi connectivity index (χ1) is 12.5. The molecule has 1 unspecified atom stereocenters. The van der Waals surface area contributed by atoms with E-state index < -0.39 is 0 Å². The van der Waals surface area contributed by atoms with Crippen molar-refractivity contribution >= 4 is 22.7 Å². The first kappa shape index (κ1) is 18.1. The van der Waals surface area contributed by atoms with Gasteiger partial charge in [-0.05, 0) is 30.9 Å². The molecule has 5 heteroatoms. The van der Waals surface area contributed by atoms with Gasteiger partial charge in [0.25, 0.3) is 0 Å². The Balaban J connectivity index is 1.95. The number of halogens is 1. The minimum absolute atomic E-state index is 0.205. The fraction of sp³-hybridized carbons (Fsp3) is 0.333. The second-order valence-corrected chi connectivity index (χ2v) is 6.51. The van der Waals surface area contributed by atoms with Gasteiger partial charge in [0.15, 0.2) is 5.76 Å². The van der Waals surface area contributed by atoms with Gasteiger partial charge in [-0.25, -0.2) is 4.39 Å². The van der Waals surface area contributed by atoms with Gasteiger partial charge in [-0.3, -0.25) is 9.59 Å². The summed E-state index contributed by atoms with van der Waals surface area (Å²) in [5.41, 5.74) is 1.96. The molecule has 26 heavy (non-hydrogen) atoms. The average molecular weight is 356 g/mol. The zero-order valence-electron chi connectivity index (χ0n) is 14.9. The molecule has 0 bridgehead atoms. The van der Waals surface area contributed by atoms with Gasteiger partial charge in [-0.2, -0.15) is 0 Å². The van der Waals surface area contributed by atoms with Crippen molar-refractivity contribution in [3.05, 3.63) is 59.1 Å². The number of carbonyl (C=O) groups excluding carboxylic acids is 2. The number of fused-ring (bicyclic) bond motifs is 1. The molecule has 0 saturated carbocycles. The molecule has 0 spiro atoms. The number of ketones is 1. The Morgan fingerprint density at radius 1 is 1.27 bits per heavy atom. The molecule has 1 heterocycles. The Hall–Kier alpha value is -2.69. The topological polar surface area (TPSA) is 56.5 Å². The number of aryl methyl sites for hydroxylation is 1. The lowest BCUT2D eigenvalue weighted by Crippen LogP contribution is -2.14. The van der Waals surface area contributed by atoms with Gasteiger partial charge in [0.1, 0.15) is 11.4 Å². The summed E-state index contributed by atoms with van der Waals surface area (Å²) < 4.78 is 24.0. The van der Waals surface area contributed by atoms with Crippen molar-refractivity contribution in [1.29, 1.82) is 0 Å². The zero-order chi connectivity index (χ0) is 18.7. The first-order valence-electron chi connectivity index (χ1n) is 8.69. The third-order valence-corrected chi connectivity index (χ3v) is 4.68. The molecule has 0 radical (unpaired) electrons. The first-order valence-corrected chi connectivity index (χ1v) is 8.69. The summed E-state index contributed by atoms with van der Waals surface area (Å²) in [4.78, 5) is 24.4. The third kappa shape index (κ3) is 3.62. The minimum Gasteiger partial charge on any atom is -0.469 e. The largest absolute Gasteiger partial charge is 0.469 e. The Morgan fingerprint density at radius 2 is 2.04 bits per heavy atom. The zero-order valence-corrected chi connectivity index (χ0v) is 14.9. The van der Waals surface area contributed by atoms with E-state index in [-0.39, 0.29) is 42.1 Å². The Bertz CT molecular complexity index is 904. The maximum atomic E-state index is 13.4. The van der Waals surface area contributed by atoms with Crippen molar-refractivity contribution in [2.45, 2.75) is 32.6 Å². The van der Waals surface area contributed by atoms with Crippen LogP contribution in [-0.2, 0) is 16.0 Å². The van der Waals surface area contributed by atoms with Crippen molar-refractivity contribution < 1.29 is 23.1 Å². The number of Topliss-reactive ketones (excluding diaryl/α,β-unsaturated/α-hetero) is 1. The number of hydrogen-bond donors (Lipinski definition) is 0. The highest BCUT2D eigenvalue weighted by molar-refractivity contribution is 6.11. The van der Waals surface area contributed by atoms with Gasteiger partial charge in [-0.1, -0.05) is 31.2 Å². The molecule has 1 aliphatic carbocycles. The quantitative estimate of drug-likeness (QED) is 0.544. The Kier molecular flexibility index (Phi) is 5.35. The number of allylic oxidation sites excluding steroid dienone is 4. The lowest BCUT2D eigenvalue weighted by molar-refractivity contribution is -0.140. The molecule has 136 valence electrons. The van der Waals surface area contributed by atoms with Gasteiger partial charge in [0.05, 0.1) is 7.11 Å². The van der Waals surface area contributed by atoms with Crippen LogP contribution in [0.2, 0.25) is 0 Å². The van der Waals surface area contributed by atoms with Crippen LogP contribution in [0.5, 0.6) is 0 Å². The molecular weight excluding hydrogens is 335 g/mol. The number of rotatable bonds is 6. The summed E-state index contributed by atoms with van der Waals surface area (Å²) in [6, 6.07) is 7.45. The van der Waals surface area contributed by atoms with E-state index in [9.17, 15) is 14.0 Å². The van der Waals surface area contributed by atoms with Crippen molar-refractivity contribution in [2.75, 3.05) is 7.11 Å². The van der Waals surface area contributed by atoms with Crippen LogP contribution in [0.25, 0.3) is 11.0 Å². The van der Waals surface area contributed by atoms with E-state index in [0.29, 0.717) is 24.0 Å².